The molecular weight excluding hydrogens is 417 g/mol. The van der Waals surface area contributed by atoms with Gasteiger partial charge in [0.2, 0.25) is 10.0 Å². The molecular formula is C19H18FN3O4S2. The zero-order valence-corrected chi connectivity index (χ0v) is 17.1. The van der Waals surface area contributed by atoms with Crippen molar-refractivity contribution in [2.24, 2.45) is 0 Å². The molecule has 0 aliphatic carbocycles. The molecule has 2 heterocycles. The highest BCUT2D eigenvalue weighted by atomic mass is 32.2. The van der Waals surface area contributed by atoms with Crippen LogP contribution in [0.3, 0.4) is 0 Å². The van der Waals surface area contributed by atoms with E-state index < -0.39 is 26.6 Å². The average Bonchev–Trinajstić information content (AvgIpc) is 3.37. The van der Waals surface area contributed by atoms with E-state index in [2.05, 4.69) is 10.3 Å². The first-order chi connectivity index (χ1) is 13.9. The second kappa shape index (κ2) is 7.69. The van der Waals surface area contributed by atoms with Crippen molar-refractivity contribution in [3.05, 3.63) is 47.8 Å². The number of amides is 1. The number of methoxy groups -OCH3 is 1. The maximum absolute atomic E-state index is 14.3. The summed E-state index contributed by atoms with van der Waals surface area (Å²) in [5, 5.41) is 3.00. The summed E-state index contributed by atoms with van der Waals surface area (Å²) in [5.74, 6) is -0.760. The Balaban J connectivity index is 1.61. The number of nitrogens with zero attached hydrogens (tertiary/aromatic N) is 2. The maximum Gasteiger partial charge on any atom is 0.257 e. The lowest BCUT2D eigenvalue weighted by molar-refractivity contribution is 0.102. The molecule has 1 aliphatic rings. The van der Waals surface area contributed by atoms with Crippen LogP contribution in [0, 0.1) is 5.82 Å². The van der Waals surface area contributed by atoms with Gasteiger partial charge < -0.3 is 4.74 Å². The van der Waals surface area contributed by atoms with Gasteiger partial charge in [0.05, 0.1) is 17.3 Å². The summed E-state index contributed by atoms with van der Waals surface area (Å²) in [6.07, 6.45) is 1.48. The SMILES string of the molecule is COc1ccc2nc(NC(=O)c3ccc(F)c(S(=O)(=O)N4CCCC4)c3)sc2c1. The van der Waals surface area contributed by atoms with E-state index in [4.69, 9.17) is 4.74 Å². The van der Waals surface area contributed by atoms with Crippen molar-refractivity contribution in [3.63, 3.8) is 0 Å². The molecule has 10 heteroatoms. The molecule has 152 valence electrons. The lowest BCUT2D eigenvalue weighted by Crippen LogP contribution is -2.29. The quantitative estimate of drug-likeness (QED) is 0.663. The monoisotopic (exact) mass is 435 g/mol. The number of nitrogens with one attached hydrogen (secondary N) is 1. The molecule has 0 unspecified atom stereocenters. The van der Waals surface area contributed by atoms with Gasteiger partial charge in [-0.2, -0.15) is 4.31 Å². The van der Waals surface area contributed by atoms with Crippen LogP contribution >= 0.6 is 11.3 Å². The van der Waals surface area contributed by atoms with Gasteiger partial charge in [0, 0.05) is 18.7 Å². The third-order valence-electron chi connectivity index (χ3n) is 4.69. The van der Waals surface area contributed by atoms with Crippen molar-refractivity contribution < 1.29 is 22.3 Å². The van der Waals surface area contributed by atoms with Crippen LogP contribution in [0.4, 0.5) is 9.52 Å². The third-order valence-corrected chi connectivity index (χ3v) is 7.54. The Morgan fingerprint density at radius 1 is 1.21 bits per heavy atom. The van der Waals surface area contributed by atoms with Gasteiger partial charge in [-0.3, -0.25) is 10.1 Å². The normalized spacial score (nSPS) is 15.0. The number of hydrogen-bond donors (Lipinski definition) is 1. The number of benzene rings is 2. The van der Waals surface area contributed by atoms with Crippen molar-refractivity contribution in [3.8, 4) is 5.75 Å². The number of ether oxygens (including phenoxy) is 1. The predicted octanol–water partition coefficient (Wildman–Crippen LogP) is 3.48. The standard InChI is InChI=1S/C19H18FN3O4S2/c1-27-13-5-7-15-16(11-13)28-19(21-15)22-18(24)12-4-6-14(20)17(10-12)29(25,26)23-8-2-3-9-23/h4-7,10-11H,2-3,8-9H2,1H3,(H,21,22,24). The average molecular weight is 436 g/mol. The number of hydrogen-bond acceptors (Lipinski definition) is 6. The van der Waals surface area contributed by atoms with Gasteiger partial charge in [0.15, 0.2) is 5.13 Å². The molecule has 0 bridgehead atoms. The molecule has 0 radical (unpaired) electrons. The van der Waals surface area contributed by atoms with Crippen molar-refractivity contribution in [1.82, 2.24) is 9.29 Å². The van der Waals surface area contributed by atoms with Gasteiger partial charge in [0.25, 0.3) is 5.91 Å². The fourth-order valence-electron chi connectivity index (χ4n) is 3.16. The van der Waals surface area contributed by atoms with E-state index in [1.54, 1.807) is 25.3 Å². The zero-order chi connectivity index (χ0) is 20.6. The molecule has 1 saturated heterocycles. The molecule has 1 fully saturated rings. The highest BCUT2D eigenvalue weighted by Crippen LogP contribution is 2.30. The third kappa shape index (κ3) is 3.83. The van der Waals surface area contributed by atoms with E-state index in [0.717, 1.165) is 29.7 Å². The van der Waals surface area contributed by atoms with Crippen LogP contribution in [0.15, 0.2) is 41.3 Å². The molecule has 3 aromatic rings. The number of rotatable bonds is 5. The summed E-state index contributed by atoms with van der Waals surface area (Å²) in [6, 6.07) is 8.68. The molecule has 0 spiro atoms. The predicted molar refractivity (Wildman–Crippen MR) is 109 cm³/mol. The molecule has 1 amide bonds. The van der Waals surface area contributed by atoms with E-state index >= 15 is 0 Å². The Bertz CT molecular complexity index is 1190. The van der Waals surface area contributed by atoms with E-state index in [0.29, 0.717) is 29.5 Å². The number of thiazole rings is 1. The van der Waals surface area contributed by atoms with Crippen molar-refractivity contribution in [2.45, 2.75) is 17.7 Å². The summed E-state index contributed by atoms with van der Waals surface area (Å²) in [6.45, 7) is 0.709. The first-order valence-corrected chi connectivity index (χ1v) is 11.2. The largest absolute Gasteiger partial charge is 0.497 e. The fraction of sp³-hybridized carbons (Fsp3) is 0.263. The van der Waals surface area contributed by atoms with Gasteiger partial charge >= 0.3 is 0 Å². The molecule has 7 nitrogen and oxygen atoms in total. The molecule has 0 atom stereocenters. The first kappa shape index (κ1) is 19.7. The van der Waals surface area contributed by atoms with Gasteiger partial charge in [-0.1, -0.05) is 11.3 Å². The summed E-state index contributed by atoms with van der Waals surface area (Å²) >= 11 is 1.26. The first-order valence-electron chi connectivity index (χ1n) is 8.94. The van der Waals surface area contributed by atoms with E-state index in [1.807, 2.05) is 0 Å². The lowest BCUT2D eigenvalue weighted by atomic mass is 10.2. The van der Waals surface area contributed by atoms with Gasteiger partial charge in [0.1, 0.15) is 16.5 Å². The number of aromatic nitrogens is 1. The fourth-order valence-corrected chi connectivity index (χ4v) is 5.66. The molecule has 29 heavy (non-hydrogen) atoms. The van der Waals surface area contributed by atoms with Gasteiger partial charge in [-0.15, -0.1) is 0 Å². The second-order valence-corrected chi connectivity index (χ2v) is 9.50. The topological polar surface area (TPSA) is 88.6 Å². The van der Waals surface area contributed by atoms with Crippen molar-refractivity contribution in [2.75, 3.05) is 25.5 Å². The molecule has 4 rings (SSSR count). The Labute approximate surface area is 171 Å². The van der Waals surface area contributed by atoms with E-state index in [9.17, 15) is 17.6 Å². The minimum absolute atomic E-state index is 0.0426. The number of anilines is 1. The van der Waals surface area contributed by atoms with E-state index in [1.165, 1.54) is 21.7 Å². The van der Waals surface area contributed by atoms with Crippen LogP contribution in [0.25, 0.3) is 10.2 Å². The van der Waals surface area contributed by atoms with E-state index in [-0.39, 0.29) is 5.56 Å². The number of sulfonamides is 1. The summed E-state index contributed by atoms with van der Waals surface area (Å²) in [7, 11) is -2.41. The number of halogens is 1. The van der Waals surface area contributed by atoms with Crippen LogP contribution < -0.4 is 10.1 Å². The second-order valence-electron chi connectivity index (χ2n) is 6.56. The number of fused-ring (bicyclic) bond motifs is 1. The minimum atomic E-state index is -3.98. The highest BCUT2D eigenvalue weighted by molar-refractivity contribution is 7.89. The molecule has 1 aromatic heterocycles. The molecule has 0 saturated carbocycles. The Hall–Kier alpha value is -2.56. The summed E-state index contributed by atoms with van der Waals surface area (Å²) in [5.41, 5.74) is 0.739. The lowest BCUT2D eigenvalue weighted by Gasteiger charge is -2.16. The smallest absolute Gasteiger partial charge is 0.257 e. The highest BCUT2D eigenvalue weighted by Gasteiger charge is 2.30. The maximum atomic E-state index is 14.3. The molecule has 2 aromatic carbocycles. The van der Waals surface area contributed by atoms with Crippen LogP contribution in [0.5, 0.6) is 5.75 Å². The molecule has 1 aliphatic heterocycles. The zero-order valence-electron chi connectivity index (χ0n) is 15.5. The number of carbonyl (C=O) groups excluding carboxylic acids is 1. The Morgan fingerprint density at radius 2 is 1.97 bits per heavy atom. The van der Waals surface area contributed by atoms with Crippen molar-refractivity contribution >= 4 is 42.6 Å². The van der Waals surface area contributed by atoms with Crippen molar-refractivity contribution in [1.29, 1.82) is 0 Å². The minimum Gasteiger partial charge on any atom is -0.497 e. The summed E-state index contributed by atoms with van der Waals surface area (Å²) in [4.78, 5) is 16.5. The van der Waals surface area contributed by atoms with Gasteiger partial charge in [-0.05, 0) is 49.2 Å². The van der Waals surface area contributed by atoms with Gasteiger partial charge in [-0.25, -0.2) is 17.8 Å². The summed E-state index contributed by atoms with van der Waals surface area (Å²) < 4.78 is 46.9. The van der Waals surface area contributed by atoms with Crippen LogP contribution in [-0.2, 0) is 10.0 Å². The van der Waals surface area contributed by atoms with Crippen LogP contribution in [0.2, 0.25) is 0 Å². The van der Waals surface area contributed by atoms with Crippen LogP contribution in [-0.4, -0.2) is 43.8 Å². The number of carbonyl (C=O) groups is 1. The Kier molecular flexibility index (Phi) is 5.24. The van der Waals surface area contributed by atoms with Crippen LogP contribution in [0.1, 0.15) is 23.2 Å². The molecule has 1 N–H and O–H groups in total. The Morgan fingerprint density at radius 3 is 2.69 bits per heavy atom.